The van der Waals surface area contributed by atoms with E-state index >= 15 is 0 Å². The average Bonchev–Trinajstić information content (AvgIpc) is 2.59. The van der Waals surface area contributed by atoms with Crippen LogP contribution in [0.3, 0.4) is 0 Å². The number of benzene rings is 2. The molecule has 136 valence electrons. The Bertz CT molecular complexity index is 771. The van der Waals surface area contributed by atoms with Gasteiger partial charge in [0, 0.05) is 5.56 Å². The zero-order valence-corrected chi connectivity index (χ0v) is 16.6. The second-order valence-electron chi connectivity index (χ2n) is 7.43. The first-order valence-corrected chi connectivity index (χ1v) is 9.26. The lowest BCUT2D eigenvalue weighted by molar-refractivity contribution is -0.134. The maximum absolute atomic E-state index is 12.2. The summed E-state index contributed by atoms with van der Waals surface area (Å²) in [5, 5.41) is 0. The van der Waals surface area contributed by atoms with Crippen LogP contribution in [0, 0.1) is 5.41 Å². The molecular formula is C22H25O3P. The van der Waals surface area contributed by atoms with Crippen molar-refractivity contribution in [2.24, 2.45) is 5.41 Å². The number of carbonyl (C=O) groups is 2. The van der Waals surface area contributed by atoms with Crippen molar-refractivity contribution in [1.29, 1.82) is 0 Å². The third-order valence-electron chi connectivity index (χ3n) is 3.72. The molecule has 0 heterocycles. The Balaban J connectivity index is 1.96. The second-order valence-corrected chi connectivity index (χ2v) is 8.23. The van der Waals surface area contributed by atoms with Crippen molar-refractivity contribution < 1.29 is 14.3 Å². The topological polar surface area (TPSA) is 43.4 Å². The highest BCUT2D eigenvalue weighted by atomic mass is 31.0. The Labute approximate surface area is 157 Å². The van der Waals surface area contributed by atoms with Crippen LogP contribution in [0.5, 0.6) is 5.75 Å². The van der Waals surface area contributed by atoms with E-state index in [1.807, 2.05) is 30.3 Å². The Morgan fingerprint density at radius 2 is 1.65 bits per heavy atom. The summed E-state index contributed by atoms with van der Waals surface area (Å²) in [6, 6.07) is 16.3. The van der Waals surface area contributed by atoms with Crippen molar-refractivity contribution in [1.82, 2.24) is 0 Å². The molecule has 26 heavy (non-hydrogen) atoms. The van der Waals surface area contributed by atoms with Gasteiger partial charge in [0.05, 0.1) is 5.66 Å². The lowest BCUT2D eigenvalue weighted by atomic mass is 9.90. The molecule has 0 spiro atoms. The molecule has 2 atom stereocenters. The Morgan fingerprint density at radius 3 is 2.23 bits per heavy atom. The fraction of sp³-hybridized carbons (Fsp3) is 0.273. The van der Waals surface area contributed by atoms with E-state index in [1.54, 1.807) is 36.4 Å². The molecule has 0 aliphatic rings. The number of ketones is 1. The summed E-state index contributed by atoms with van der Waals surface area (Å²) in [7, 11) is 2.54. The van der Waals surface area contributed by atoms with Gasteiger partial charge in [-0.05, 0) is 47.7 Å². The van der Waals surface area contributed by atoms with E-state index in [0.29, 0.717) is 11.3 Å². The number of rotatable bonds is 6. The van der Waals surface area contributed by atoms with Crippen LogP contribution in [0.1, 0.15) is 43.1 Å². The molecule has 0 radical (unpaired) electrons. The highest BCUT2D eigenvalue weighted by Gasteiger charge is 2.22. The smallest absolute Gasteiger partial charge is 0.318 e. The maximum Gasteiger partial charge on any atom is 0.318 e. The van der Waals surface area contributed by atoms with Crippen LogP contribution in [-0.2, 0) is 4.79 Å². The summed E-state index contributed by atoms with van der Waals surface area (Å²) in [4.78, 5) is 24.4. The highest BCUT2D eigenvalue weighted by molar-refractivity contribution is 7.19. The molecule has 2 aromatic carbocycles. The monoisotopic (exact) mass is 368 g/mol. The van der Waals surface area contributed by atoms with E-state index in [0.717, 1.165) is 12.0 Å². The van der Waals surface area contributed by atoms with Crippen molar-refractivity contribution in [3.05, 3.63) is 71.8 Å². The van der Waals surface area contributed by atoms with Crippen LogP contribution in [0.2, 0.25) is 0 Å². The molecule has 2 unspecified atom stereocenters. The standard InChI is InChI=1S/C22H25O3P/c1-22(2,3)15-20(26)21(24)25-18-12-10-17(11-13-18)19(23)14-9-16-7-5-4-6-8-16/h4-14,20H,15,26H2,1-3H3/b14-9+. The van der Waals surface area contributed by atoms with Gasteiger partial charge in [-0.25, -0.2) is 0 Å². The number of esters is 1. The van der Waals surface area contributed by atoms with Gasteiger partial charge in [0.25, 0.3) is 0 Å². The molecular weight excluding hydrogens is 343 g/mol. The Hall–Kier alpha value is -2.25. The highest BCUT2D eigenvalue weighted by Crippen LogP contribution is 2.26. The Kier molecular flexibility index (Phi) is 6.88. The number of hydrogen-bond acceptors (Lipinski definition) is 3. The van der Waals surface area contributed by atoms with Gasteiger partial charge >= 0.3 is 5.97 Å². The molecule has 0 aliphatic heterocycles. The van der Waals surface area contributed by atoms with Gasteiger partial charge in [-0.1, -0.05) is 57.2 Å². The molecule has 0 saturated carbocycles. The number of hydrogen-bond donors (Lipinski definition) is 0. The molecule has 4 heteroatoms. The van der Waals surface area contributed by atoms with Crippen LogP contribution < -0.4 is 4.74 Å². The minimum absolute atomic E-state index is 0.0484. The lowest BCUT2D eigenvalue weighted by Crippen LogP contribution is -2.25. The van der Waals surface area contributed by atoms with Crippen LogP contribution in [-0.4, -0.2) is 17.4 Å². The van der Waals surface area contributed by atoms with Gasteiger partial charge in [-0.15, -0.1) is 9.24 Å². The molecule has 0 aromatic heterocycles. The summed E-state index contributed by atoms with van der Waals surface area (Å²) in [5.74, 6) is 0.0660. The fourth-order valence-electron chi connectivity index (χ4n) is 2.45. The molecule has 0 saturated heterocycles. The normalized spacial score (nSPS) is 12.8. The lowest BCUT2D eigenvalue weighted by Gasteiger charge is -2.21. The SMILES string of the molecule is CC(C)(C)CC(P)C(=O)Oc1ccc(C(=O)/C=C/c2ccccc2)cc1. The minimum Gasteiger partial charge on any atom is -0.426 e. The van der Waals surface area contributed by atoms with Gasteiger partial charge in [0.2, 0.25) is 0 Å². The quantitative estimate of drug-likeness (QED) is 0.232. The van der Waals surface area contributed by atoms with Gasteiger partial charge in [0.15, 0.2) is 5.78 Å². The van der Waals surface area contributed by atoms with E-state index in [-0.39, 0.29) is 22.8 Å². The molecule has 2 aromatic rings. The van der Waals surface area contributed by atoms with Crippen LogP contribution in [0.25, 0.3) is 6.08 Å². The molecule has 3 nitrogen and oxygen atoms in total. The van der Waals surface area contributed by atoms with E-state index in [2.05, 4.69) is 30.0 Å². The summed E-state index contributed by atoms with van der Waals surface area (Å²) in [6.07, 6.45) is 4.04. The zero-order chi connectivity index (χ0) is 19.2. The average molecular weight is 368 g/mol. The predicted molar refractivity (Wildman–Crippen MR) is 109 cm³/mol. The molecule has 0 bridgehead atoms. The molecule has 0 aliphatic carbocycles. The fourth-order valence-corrected chi connectivity index (χ4v) is 3.23. The van der Waals surface area contributed by atoms with E-state index in [4.69, 9.17) is 4.74 Å². The first kappa shape index (κ1) is 20.1. The zero-order valence-electron chi connectivity index (χ0n) is 15.4. The van der Waals surface area contributed by atoms with E-state index < -0.39 is 0 Å². The largest absolute Gasteiger partial charge is 0.426 e. The van der Waals surface area contributed by atoms with E-state index in [9.17, 15) is 9.59 Å². The third kappa shape index (κ3) is 6.57. The van der Waals surface area contributed by atoms with Gasteiger partial charge in [-0.2, -0.15) is 0 Å². The van der Waals surface area contributed by atoms with E-state index in [1.165, 1.54) is 0 Å². The third-order valence-corrected chi connectivity index (χ3v) is 4.23. The summed E-state index contributed by atoms with van der Waals surface area (Å²) >= 11 is 0. The summed E-state index contributed by atoms with van der Waals surface area (Å²) < 4.78 is 5.40. The van der Waals surface area contributed by atoms with Crippen LogP contribution >= 0.6 is 9.24 Å². The molecule has 2 rings (SSSR count). The van der Waals surface area contributed by atoms with Crippen LogP contribution in [0.15, 0.2) is 60.7 Å². The summed E-state index contributed by atoms with van der Waals surface area (Å²) in [6.45, 7) is 6.25. The Morgan fingerprint density at radius 1 is 1.04 bits per heavy atom. The number of carbonyl (C=O) groups excluding carboxylic acids is 2. The van der Waals surface area contributed by atoms with Gasteiger partial charge < -0.3 is 4.74 Å². The second kappa shape index (κ2) is 8.91. The van der Waals surface area contributed by atoms with Crippen LogP contribution in [0.4, 0.5) is 0 Å². The van der Waals surface area contributed by atoms with Crippen molar-refractivity contribution in [3.8, 4) is 5.75 Å². The van der Waals surface area contributed by atoms with Crippen molar-refractivity contribution in [2.75, 3.05) is 0 Å². The summed E-state index contributed by atoms with van der Waals surface area (Å²) in [5.41, 5.74) is 1.31. The minimum atomic E-state index is -0.284. The van der Waals surface area contributed by atoms with Gasteiger partial charge in [-0.3, -0.25) is 9.59 Å². The number of allylic oxidation sites excluding steroid dienone is 1. The maximum atomic E-state index is 12.2. The van der Waals surface area contributed by atoms with Gasteiger partial charge in [0.1, 0.15) is 5.75 Å². The first-order chi connectivity index (χ1) is 12.2. The van der Waals surface area contributed by atoms with Crippen molar-refractivity contribution in [3.63, 3.8) is 0 Å². The van der Waals surface area contributed by atoms with Crippen molar-refractivity contribution >= 4 is 27.1 Å². The molecule has 0 amide bonds. The molecule has 0 fully saturated rings. The number of ether oxygens (including phenoxy) is 1. The predicted octanol–water partition coefficient (Wildman–Crippen LogP) is 5.17. The molecule has 0 N–H and O–H groups in total. The van der Waals surface area contributed by atoms with Crippen molar-refractivity contribution in [2.45, 2.75) is 32.9 Å². The first-order valence-electron chi connectivity index (χ1n) is 8.59.